The summed E-state index contributed by atoms with van der Waals surface area (Å²) in [6.07, 6.45) is -5.25. The molecule has 0 radical (unpaired) electrons. The van der Waals surface area contributed by atoms with E-state index >= 15 is 0 Å². The average Bonchev–Trinajstić information content (AvgIpc) is 2.78. The fourth-order valence-electron chi connectivity index (χ4n) is 2.33. The molecule has 166 valence electrons. The van der Waals surface area contributed by atoms with Crippen LogP contribution in [0.2, 0.25) is 0 Å². The van der Waals surface area contributed by atoms with Crippen LogP contribution in [-0.2, 0) is 27.3 Å². The number of rotatable bonds is 8. The Labute approximate surface area is 161 Å². The lowest BCUT2D eigenvalue weighted by atomic mass is 10.1. The van der Waals surface area contributed by atoms with Crippen LogP contribution in [0.5, 0.6) is 0 Å². The summed E-state index contributed by atoms with van der Waals surface area (Å²) in [6, 6.07) is 1.21. The predicted molar refractivity (Wildman–Crippen MR) is 92.4 cm³/mol. The maximum Gasteiger partial charge on any atom is 0.479 e. The monoisotopic (exact) mass is 481 g/mol. The SMILES string of the molecule is Nc1ccn([C@H]2O[C@@H](COP(=O)(O)OP(=O)(O)CP(=O)(O)O)[C@@H](O)C2O)c(=O)n1. The first-order valence-corrected chi connectivity index (χ1v) is 12.6. The molecule has 1 fully saturated rings. The van der Waals surface area contributed by atoms with Crippen molar-refractivity contribution in [2.75, 3.05) is 18.2 Å². The topological polar surface area (TPSA) is 261 Å². The van der Waals surface area contributed by atoms with E-state index in [1.165, 1.54) is 6.07 Å². The number of hydrogen-bond acceptors (Lipinski definition) is 11. The summed E-state index contributed by atoms with van der Waals surface area (Å²) < 4.78 is 48.3. The molecule has 2 rings (SSSR count). The summed E-state index contributed by atoms with van der Waals surface area (Å²) in [5.74, 6) is -1.84. The minimum atomic E-state index is -5.33. The number of nitrogens with zero attached hydrogens (tertiary/aromatic N) is 2. The third kappa shape index (κ3) is 6.76. The van der Waals surface area contributed by atoms with Gasteiger partial charge in [-0.2, -0.15) is 4.98 Å². The molecule has 0 saturated carbocycles. The van der Waals surface area contributed by atoms with Crippen molar-refractivity contribution < 1.29 is 57.1 Å². The van der Waals surface area contributed by atoms with Crippen molar-refractivity contribution >= 4 is 28.8 Å². The minimum absolute atomic E-state index is 0.110. The second-order valence-corrected chi connectivity index (χ2v) is 11.5. The van der Waals surface area contributed by atoms with Gasteiger partial charge in [0.15, 0.2) is 12.1 Å². The van der Waals surface area contributed by atoms with Crippen LogP contribution in [0.25, 0.3) is 0 Å². The number of anilines is 1. The first-order valence-electron chi connectivity index (χ1n) is 7.51. The molecule has 16 nitrogen and oxygen atoms in total. The molecule has 19 heteroatoms. The number of aromatic nitrogens is 2. The number of phosphoric acid groups is 1. The van der Waals surface area contributed by atoms with Gasteiger partial charge >= 0.3 is 28.7 Å². The van der Waals surface area contributed by atoms with Gasteiger partial charge < -0.3 is 40.3 Å². The van der Waals surface area contributed by atoms with E-state index in [4.69, 9.17) is 20.3 Å². The summed E-state index contributed by atoms with van der Waals surface area (Å²) in [6.45, 7) is -0.963. The summed E-state index contributed by atoms with van der Waals surface area (Å²) in [5.41, 5.74) is 4.42. The van der Waals surface area contributed by atoms with Gasteiger partial charge in [0, 0.05) is 6.20 Å². The Balaban J connectivity index is 2.05. The third-order valence-corrected chi connectivity index (χ3v) is 8.68. The van der Waals surface area contributed by atoms with Crippen LogP contribution in [0.15, 0.2) is 17.1 Å². The van der Waals surface area contributed by atoms with Crippen molar-refractivity contribution in [3.63, 3.8) is 0 Å². The van der Waals surface area contributed by atoms with E-state index < -0.39 is 65.8 Å². The van der Waals surface area contributed by atoms with Gasteiger partial charge in [-0.3, -0.25) is 18.2 Å². The molecule has 1 saturated heterocycles. The molecule has 0 spiro atoms. The zero-order valence-corrected chi connectivity index (χ0v) is 16.9. The number of aliphatic hydroxyl groups excluding tert-OH is 2. The quantitative estimate of drug-likeness (QED) is 0.196. The highest BCUT2D eigenvalue weighted by Gasteiger charge is 2.46. The van der Waals surface area contributed by atoms with Crippen LogP contribution in [0.3, 0.4) is 0 Å². The number of phosphoric ester groups is 1. The van der Waals surface area contributed by atoms with Crippen molar-refractivity contribution in [3.05, 3.63) is 22.7 Å². The first kappa shape index (κ1) is 24.3. The van der Waals surface area contributed by atoms with Gasteiger partial charge in [-0.15, -0.1) is 0 Å². The number of hydrogen-bond donors (Lipinski definition) is 7. The lowest BCUT2D eigenvalue weighted by molar-refractivity contribution is -0.0540. The van der Waals surface area contributed by atoms with Crippen molar-refractivity contribution in [3.8, 4) is 0 Å². The van der Waals surface area contributed by atoms with Gasteiger partial charge in [0.25, 0.3) is 0 Å². The molecule has 1 aromatic rings. The number of ether oxygens (including phenoxy) is 1. The summed E-state index contributed by atoms with van der Waals surface area (Å²) in [4.78, 5) is 51.3. The highest BCUT2D eigenvalue weighted by molar-refractivity contribution is 7.73. The molecule has 1 aliphatic heterocycles. The van der Waals surface area contributed by atoms with Gasteiger partial charge in [0.2, 0.25) is 0 Å². The van der Waals surface area contributed by atoms with Crippen LogP contribution in [0.4, 0.5) is 5.82 Å². The van der Waals surface area contributed by atoms with Crippen molar-refractivity contribution in [1.82, 2.24) is 9.55 Å². The second kappa shape index (κ2) is 8.63. The summed E-state index contributed by atoms with van der Waals surface area (Å²) >= 11 is 0. The van der Waals surface area contributed by atoms with Crippen molar-refractivity contribution in [2.45, 2.75) is 24.5 Å². The Morgan fingerprint density at radius 3 is 2.34 bits per heavy atom. The zero-order chi connectivity index (χ0) is 22.2. The molecule has 1 aliphatic rings. The average molecular weight is 481 g/mol. The summed E-state index contributed by atoms with van der Waals surface area (Å²) in [7, 11) is -15.6. The number of nitrogens with two attached hydrogens (primary N) is 1. The molecule has 0 aromatic carbocycles. The van der Waals surface area contributed by atoms with Gasteiger partial charge in [-0.1, -0.05) is 0 Å². The molecule has 2 heterocycles. The molecular formula is C10H18N3O13P3. The van der Waals surface area contributed by atoms with E-state index in [9.17, 15) is 38.5 Å². The Bertz CT molecular complexity index is 946. The number of nitrogen functional groups attached to an aromatic ring is 1. The van der Waals surface area contributed by atoms with E-state index in [2.05, 4.69) is 13.8 Å². The zero-order valence-electron chi connectivity index (χ0n) is 14.2. The molecule has 0 amide bonds. The Morgan fingerprint density at radius 1 is 1.17 bits per heavy atom. The van der Waals surface area contributed by atoms with Crippen molar-refractivity contribution in [2.24, 2.45) is 0 Å². The largest absolute Gasteiger partial charge is 0.479 e. The molecule has 8 N–H and O–H groups in total. The molecule has 29 heavy (non-hydrogen) atoms. The lowest BCUT2D eigenvalue weighted by Gasteiger charge is -2.19. The third-order valence-electron chi connectivity index (χ3n) is 3.46. The normalized spacial score (nSPS) is 29.3. The standard InChI is InChI=1S/C10H18N3O13P3/c11-6-1-2-13(10(16)12-6)9-8(15)7(14)5(25-9)3-24-29(22,23)26-28(20,21)4-27(17,18)19/h1-2,5,7-9,14-15H,3-4H2,(H,20,21)(H,22,23)(H2,11,12,16)(H2,17,18,19)/t5-,7+,8?,9-/m0/s1. The van der Waals surface area contributed by atoms with E-state index in [1.807, 2.05) is 0 Å². The van der Waals surface area contributed by atoms with Crippen LogP contribution in [-0.4, -0.2) is 70.2 Å². The predicted octanol–water partition coefficient (Wildman–Crippen LogP) is -2.10. The molecule has 3 unspecified atom stereocenters. The van der Waals surface area contributed by atoms with Crippen LogP contribution < -0.4 is 11.4 Å². The Kier molecular flexibility index (Phi) is 7.23. The van der Waals surface area contributed by atoms with Gasteiger partial charge in [0.05, 0.1) is 6.61 Å². The molecular weight excluding hydrogens is 463 g/mol. The molecule has 6 atom stereocenters. The van der Waals surface area contributed by atoms with Gasteiger partial charge in [-0.05, 0) is 6.07 Å². The van der Waals surface area contributed by atoms with E-state index in [0.717, 1.165) is 10.8 Å². The Morgan fingerprint density at radius 2 is 1.79 bits per heavy atom. The van der Waals surface area contributed by atoms with Crippen LogP contribution in [0, 0.1) is 0 Å². The summed E-state index contributed by atoms with van der Waals surface area (Å²) in [5, 5.41) is 20.0. The molecule has 0 bridgehead atoms. The second-order valence-electron chi connectivity index (χ2n) is 5.88. The van der Waals surface area contributed by atoms with Crippen LogP contribution >= 0.6 is 23.0 Å². The van der Waals surface area contributed by atoms with E-state index in [1.54, 1.807) is 0 Å². The first-order chi connectivity index (χ1) is 13.1. The maximum absolute atomic E-state index is 11.8. The minimum Gasteiger partial charge on any atom is -0.387 e. The van der Waals surface area contributed by atoms with Crippen LogP contribution in [0.1, 0.15) is 6.23 Å². The molecule has 0 aliphatic carbocycles. The fourth-order valence-corrected chi connectivity index (χ4v) is 6.67. The maximum atomic E-state index is 11.8. The smallest absolute Gasteiger partial charge is 0.387 e. The van der Waals surface area contributed by atoms with Crippen molar-refractivity contribution in [1.29, 1.82) is 0 Å². The number of aliphatic hydroxyl groups is 2. The molecule has 1 aromatic heterocycles. The van der Waals surface area contributed by atoms with Gasteiger partial charge in [-0.25, -0.2) is 13.7 Å². The fraction of sp³-hybridized carbons (Fsp3) is 0.600. The lowest BCUT2D eigenvalue weighted by Crippen LogP contribution is -2.36. The Hall–Kier alpha value is -0.990. The van der Waals surface area contributed by atoms with E-state index in [-0.39, 0.29) is 5.82 Å². The van der Waals surface area contributed by atoms with Gasteiger partial charge in [0.1, 0.15) is 24.1 Å². The highest BCUT2D eigenvalue weighted by atomic mass is 31.3. The van der Waals surface area contributed by atoms with E-state index in [0.29, 0.717) is 0 Å². The highest BCUT2D eigenvalue weighted by Crippen LogP contribution is 2.65.